The second-order valence-corrected chi connectivity index (χ2v) is 7.11. The first-order valence-electron chi connectivity index (χ1n) is 9.00. The minimum atomic E-state index is -0.718. The lowest BCUT2D eigenvalue weighted by Crippen LogP contribution is -2.40. The van der Waals surface area contributed by atoms with E-state index in [9.17, 15) is 5.11 Å². The van der Waals surface area contributed by atoms with Crippen molar-refractivity contribution < 1.29 is 14.6 Å². The molecule has 0 aliphatic heterocycles. The molecule has 0 fully saturated rings. The van der Waals surface area contributed by atoms with Gasteiger partial charge in [0.1, 0.15) is 0 Å². The minimum Gasteiger partial charge on any atom is -0.493 e. The van der Waals surface area contributed by atoms with Crippen LogP contribution in [0.15, 0.2) is 40.7 Å². The molecular formula is C20H30IN3O3S. The highest BCUT2D eigenvalue weighted by atomic mass is 127. The van der Waals surface area contributed by atoms with Gasteiger partial charge in [0.15, 0.2) is 17.5 Å². The van der Waals surface area contributed by atoms with Gasteiger partial charge in [-0.3, -0.25) is 4.99 Å². The third-order valence-corrected chi connectivity index (χ3v) is 5.11. The molecule has 0 radical (unpaired) electrons. The zero-order chi connectivity index (χ0) is 19.6. The van der Waals surface area contributed by atoms with Crippen molar-refractivity contribution >= 4 is 41.3 Å². The van der Waals surface area contributed by atoms with Crippen LogP contribution in [0.3, 0.4) is 0 Å². The number of rotatable bonds is 9. The molecule has 1 aromatic heterocycles. The van der Waals surface area contributed by atoms with Crippen molar-refractivity contribution in [2.24, 2.45) is 4.99 Å². The molecular weight excluding hydrogens is 489 g/mol. The van der Waals surface area contributed by atoms with Crippen LogP contribution in [0.5, 0.6) is 11.5 Å². The van der Waals surface area contributed by atoms with Crippen LogP contribution < -0.4 is 14.8 Å². The normalized spacial score (nSPS) is 12.1. The Kier molecular flexibility index (Phi) is 11.2. The van der Waals surface area contributed by atoms with Gasteiger partial charge in [-0.2, -0.15) is 0 Å². The molecule has 0 amide bonds. The van der Waals surface area contributed by atoms with Crippen molar-refractivity contribution in [2.45, 2.75) is 19.4 Å². The highest BCUT2D eigenvalue weighted by molar-refractivity contribution is 14.0. The molecule has 0 saturated carbocycles. The molecule has 1 aromatic carbocycles. The summed E-state index contributed by atoms with van der Waals surface area (Å²) < 4.78 is 10.5. The summed E-state index contributed by atoms with van der Waals surface area (Å²) in [5.41, 5.74) is 0.744. The van der Waals surface area contributed by atoms with Gasteiger partial charge in [-0.05, 0) is 42.5 Å². The van der Waals surface area contributed by atoms with Gasteiger partial charge in [-0.15, -0.1) is 35.3 Å². The molecule has 1 unspecified atom stereocenters. The maximum absolute atomic E-state index is 10.5. The second kappa shape index (κ2) is 12.8. The van der Waals surface area contributed by atoms with Gasteiger partial charge in [-0.25, -0.2) is 0 Å². The number of likely N-dealkylation sites (N-methyl/N-ethyl adjacent to an activating group) is 1. The van der Waals surface area contributed by atoms with Crippen molar-refractivity contribution in [2.75, 3.05) is 40.9 Å². The van der Waals surface area contributed by atoms with Crippen LogP contribution in [-0.2, 0) is 6.42 Å². The van der Waals surface area contributed by atoms with Crippen molar-refractivity contribution in [1.29, 1.82) is 0 Å². The summed E-state index contributed by atoms with van der Waals surface area (Å²) in [5, 5.41) is 15.9. The number of aliphatic hydroxyl groups is 1. The Labute approximate surface area is 188 Å². The van der Waals surface area contributed by atoms with Crippen molar-refractivity contribution in [1.82, 2.24) is 10.2 Å². The molecule has 2 rings (SSSR count). The summed E-state index contributed by atoms with van der Waals surface area (Å²) >= 11 is 1.76. The third kappa shape index (κ3) is 7.14. The van der Waals surface area contributed by atoms with Crippen LogP contribution in [0, 0.1) is 0 Å². The van der Waals surface area contributed by atoms with E-state index in [2.05, 4.69) is 32.7 Å². The molecule has 0 saturated heterocycles. The lowest BCUT2D eigenvalue weighted by atomic mass is 10.1. The first kappa shape index (κ1) is 24.5. The lowest BCUT2D eigenvalue weighted by Gasteiger charge is -2.22. The van der Waals surface area contributed by atoms with E-state index in [-0.39, 0.29) is 30.5 Å². The van der Waals surface area contributed by atoms with E-state index in [4.69, 9.17) is 9.47 Å². The largest absolute Gasteiger partial charge is 0.493 e. The maximum Gasteiger partial charge on any atom is 0.193 e. The van der Waals surface area contributed by atoms with E-state index < -0.39 is 6.10 Å². The van der Waals surface area contributed by atoms with Gasteiger partial charge in [0.25, 0.3) is 0 Å². The van der Waals surface area contributed by atoms with Crippen LogP contribution in [0.4, 0.5) is 0 Å². The summed E-state index contributed by atoms with van der Waals surface area (Å²) in [4.78, 5) is 8.04. The minimum absolute atomic E-state index is 0. The summed E-state index contributed by atoms with van der Waals surface area (Å²) in [7, 11) is 5.18. The Morgan fingerprint density at radius 2 is 2.00 bits per heavy atom. The average molecular weight is 519 g/mol. The SMILES string of the molecule is CCNC(=NCC(O)c1ccc(OC)c(OC)c1)N(C)CCc1cccs1.I. The molecule has 2 N–H and O–H groups in total. The van der Waals surface area contributed by atoms with Crippen LogP contribution in [-0.4, -0.2) is 56.9 Å². The molecule has 1 atom stereocenters. The van der Waals surface area contributed by atoms with Gasteiger partial charge in [0.05, 0.1) is 26.9 Å². The average Bonchev–Trinajstić information content (AvgIpc) is 3.22. The molecule has 8 heteroatoms. The van der Waals surface area contributed by atoms with Gasteiger partial charge >= 0.3 is 0 Å². The molecule has 0 aliphatic carbocycles. The number of ether oxygens (including phenoxy) is 2. The van der Waals surface area contributed by atoms with Crippen LogP contribution in [0.2, 0.25) is 0 Å². The van der Waals surface area contributed by atoms with Crippen LogP contribution >= 0.6 is 35.3 Å². The fourth-order valence-electron chi connectivity index (χ4n) is 2.65. The van der Waals surface area contributed by atoms with Gasteiger partial charge in [0, 0.05) is 25.0 Å². The Balaban J connectivity index is 0.00000392. The molecule has 0 aliphatic rings. The summed E-state index contributed by atoms with van der Waals surface area (Å²) in [5.74, 6) is 2.02. The lowest BCUT2D eigenvalue weighted by molar-refractivity contribution is 0.186. The molecule has 6 nitrogen and oxygen atoms in total. The first-order valence-corrected chi connectivity index (χ1v) is 9.88. The predicted molar refractivity (Wildman–Crippen MR) is 127 cm³/mol. The number of aliphatic hydroxyl groups excluding tert-OH is 1. The number of methoxy groups -OCH3 is 2. The number of guanidine groups is 1. The van der Waals surface area contributed by atoms with Crippen LogP contribution in [0.25, 0.3) is 0 Å². The fraction of sp³-hybridized carbons (Fsp3) is 0.450. The summed E-state index contributed by atoms with van der Waals surface area (Å²) in [6.45, 7) is 3.93. The number of halogens is 1. The predicted octanol–water partition coefficient (Wildman–Crippen LogP) is 3.56. The molecule has 28 heavy (non-hydrogen) atoms. The highest BCUT2D eigenvalue weighted by Crippen LogP contribution is 2.30. The van der Waals surface area contributed by atoms with E-state index >= 15 is 0 Å². The first-order chi connectivity index (χ1) is 13.1. The van der Waals surface area contributed by atoms with Gasteiger partial charge in [0.2, 0.25) is 0 Å². The Morgan fingerprint density at radius 3 is 2.61 bits per heavy atom. The Morgan fingerprint density at radius 1 is 1.25 bits per heavy atom. The number of nitrogens with zero attached hydrogens (tertiary/aromatic N) is 2. The zero-order valence-electron chi connectivity index (χ0n) is 16.8. The molecule has 0 spiro atoms. The van der Waals surface area contributed by atoms with E-state index in [0.29, 0.717) is 11.5 Å². The van der Waals surface area contributed by atoms with Crippen molar-refractivity contribution in [3.05, 3.63) is 46.2 Å². The number of hydrogen-bond donors (Lipinski definition) is 2. The van der Waals surface area contributed by atoms with E-state index in [1.165, 1.54) is 4.88 Å². The van der Waals surface area contributed by atoms with Crippen molar-refractivity contribution in [3.63, 3.8) is 0 Å². The highest BCUT2D eigenvalue weighted by Gasteiger charge is 2.13. The molecule has 2 aromatic rings. The van der Waals surface area contributed by atoms with Crippen molar-refractivity contribution in [3.8, 4) is 11.5 Å². The zero-order valence-corrected chi connectivity index (χ0v) is 20.0. The number of hydrogen-bond acceptors (Lipinski definition) is 5. The van der Waals surface area contributed by atoms with E-state index in [0.717, 1.165) is 31.0 Å². The smallest absolute Gasteiger partial charge is 0.193 e. The van der Waals surface area contributed by atoms with Gasteiger partial charge in [-0.1, -0.05) is 12.1 Å². The number of nitrogens with one attached hydrogen (secondary N) is 1. The summed E-state index contributed by atoms with van der Waals surface area (Å²) in [6.07, 6.45) is 0.251. The number of benzene rings is 1. The topological polar surface area (TPSA) is 66.3 Å². The molecule has 1 heterocycles. The third-order valence-electron chi connectivity index (χ3n) is 4.18. The fourth-order valence-corrected chi connectivity index (χ4v) is 3.34. The second-order valence-electron chi connectivity index (χ2n) is 6.08. The monoisotopic (exact) mass is 519 g/mol. The standard InChI is InChI=1S/C20H29N3O3S.HI/c1-5-21-20(23(2)11-10-16-7-6-12-27-16)22-14-17(24)15-8-9-18(25-3)19(13-15)26-4;/h6-9,12-13,17,24H,5,10-11,14H2,1-4H3,(H,21,22);1H. The van der Waals surface area contributed by atoms with Gasteiger partial charge < -0.3 is 24.8 Å². The number of aliphatic imine (C=N–C) groups is 1. The maximum atomic E-state index is 10.5. The molecule has 156 valence electrons. The van der Waals surface area contributed by atoms with Crippen LogP contribution in [0.1, 0.15) is 23.5 Å². The Bertz CT molecular complexity index is 725. The Hall–Kier alpha value is -1.52. The summed E-state index contributed by atoms with van der Waals surface area (Å²) in [6, 6.07) is 9.61. The molecule has 0 bridgehead atoms. The quantitative estimate of drug-likeness (QED) is 0.302. The number of thiophene rings is 1. The van der Waals surface area contributed by atoms with E-state index in [1.54, 1.807) is 37.7 Å². The van der Waals surface area contributed by atoms with E-state index in [1.807, 2.05) is 20.0 Å².